The van der Waals surface area contributed by atoms with Crippen molar-refractivity contribution in [3.63, 3.8) is 0 Å². The number of amides is 1. The van der Waals surface area contributed by atoms with Crippen molar-refractivity contribution in [3.8, 4) is 11.5 Å². The van der Waals surface area contributed by atoms with Crippen molar-refractivity contribution in [1.82, 2.24) is 0 Å². The Labute approximate surface area is 111 Å². The van der Waals surface area contributed by atoms with Gasteiger partial charge in [-0.15, -0.1) is 0 Å². The highest BCUT2D eigenvalue weighted by Gasteiger charge is 2.51. The first-order chi connectivity index (χ1) is 9.07. The molecule has 0 atom stereocenters. The largest absolute Gasteiger partial charge is 0.454 e. The van der Waals surface area contributed by atoms with Gasteiger partial charge in [-0.3, -0.25) is 4.79 Å². The van der Waals surface area contributed by atoms with Crippen molar-refractivity contribution in [3.05, 3.63) is 17.7 Å². The molecule has 1 aromatic carbocycles. The Hall–Kier alpha value is -1.75. The van der Waals surface area contributed by atoms with Crippen LogP contribution in [0.1, 0.15) is 18.4 Å². The molecule has 1 fully saturated rings. The van der Waals surface area contributed by atoms with Crippen LogP contribution in [0.2, 0.25) is 0 Å². The molecule has 1 heterocycles. The second-order valence-electron chi connectivity index (χ2n) is 5.29. The maximum absolute atomic E-state index is 12.4. The fourth-order valence-corrected chi connectivity index (χ4v) is 2.45. The highest BCUT2D eigenvalue weighted by atomic mass is 16.7. The van der Waals surface area contributed by atoms with Gasteiger partial charge in [-0.1, -0.05) is 0 Å². The first-order valence-electron chi connectivity index (χ1n) is 6.37. The first kappa shape index (κ1) is 12.3. The number of aliphatic hydroxyl groups excluding tert-OH is 1. The zero-order chi connectivity index (χ0) is 13.6. The molecule has 2 aliphatic rings. The Balaban J connectivity index is 1.92. The van der Waals surface area contributed by atoms with Gasteiger partial charge in [0.1, 0.15) is 0 Å². The molecule has 1 aliphatic heterocycles. The number of rotatable bonds is 3. The van der Waals surface area contributed by atoms with Crippen LogP contribution in [0.25, 0.3) is 0 Å². The number of carbonyl (C=O) groups excluding carboxylic acids is 1. The van der Waals surface area contributed by atoms with E-state index in [1.54, 1.807) is 11.9 Å². The quantitative estimate of drug-likeness (QED) is 0.897. The SMILES string of the molecule is Cc1cc2c(cc1N(C)C(=O)C1(CO)CC1)OCO2. The Morgan fingerprint density at radius 1 is 1.37 bits per heavy atom. The molecular formula is C14H17NO4. The lowest BCUT2D eigenvalue weighted by molar-refractivity contribution is -0.124. The summed E-state index contributed by atoms with van der Waals surface area (Å²) in [5.41, 5.74) is 1.19. The molecule has 0 radical (unpaired) electrons. The van der Waals surface area contributed by atoms with E-state index in [4.69, 9.17) is 9.47 Å². The number of anilines is 1. The van der Waals surface area contributed by atoms with E-state index in [2.05, 4.69) is 0 Å². The average molecular weight is 263 g/mol. The third-order valence-corrected chi connectivity index (χ3v) is 3.97. The molecule has 0 aromatic heterocycles. The molecule has 102 valence electrons. The number of fused-ring (bicyclic) bond motifs is 1. The Kier molecular flexibility index (Phi) is 2.67. The lowest BCUT2D eigenvalue weighted by Gasteiger charge is -2.24. The summed E-state index contributed by atoms with van der Waals surface area (Å²) in [7, 11) is 1.74. The highest BCUT2D eigenvalue weighted by molar-refractivity contribution is 5.99. The summed E-state index contributed by atoms with van der Waals surface area (Å²) >= 11 is 0. The number of hydrogen-bond donors (Lipinski definition) is 1. The first-order valence-corrected chi connectivity index (χ1v) is 6.37. The standard InChI is InChI=1S/C14H17NO4/c1-9-5-11-12(19-8-18-11)6-10(9)15(2)13(17)14(7-16)3-4-14/h5-6,16H,3-4,7-8H2,1-2H3. The summed E-state index contributed by atoms with van der Waals surface area (Å²) in [5, 5.41) is 9.35. The van der Waals surface area contributed by atoms with Gasteiger partial charge in [-0.2, -0.15) is 0 Å². The molecule has 0 bridgehead atoms. The number of aryl methyl sites for hydroxylation is 1. The smallest absolute Gasteiger partial charge is 0.235 e. The predicted octanol–water partition coefficient (Wildman–Crippen LogP) is 1.46. The van der Waals surface area contributed by atoms with Crippen molar-refractivity contribution in [2.75, 3.05) is 25.3 Å². The normalized spacial score (nSPS) is 18.3. The van der Waals surface area contributed by atoms with E-state index < -0.39 is 5.41 Å². The van der Waals surface area contributed by atoms with E-state index in [0.29, 0.717) is 11.5 Å². The minimum absolute atomic E-state index is 0.0306. The number of benzene rings is 1. The van der Waals surface area contributed by atoms with Gasteiger partial charge in [0, 0.05) is 13.1 Å². The van der Waals surface area contributed by atoms with Crippen LogP contribution >= 0.6 is 0 Å². The summed E-state index contributed by atoms with van der Waals surface area (Å²) in [6.07, 6.45) is 1.52. The van der Waals surface area contributed by atoms with Gasteiger partial charge in [-0.05, 0) is 31.4 Å². The lowest BCUT2D eigenvalue weighted by atomic mass is 10.1. The van der Waals surface area contributed by atoms with Crippen molar-refractivity contribution in [2.24, 2.45) is 5.41 Å². The van der Waals surface area contributed by atoms with Crippen LogP contribution in [-0.4, -0.2) is 31.5 Å². The summed E-state index contributed by atoms with van der Waals surface area (Å²) in [6, 6.07) is 3.70. The van der Waals surface area contributed by atoms with Gasteiger partial charge in [0.25, 0.3) is 0 Å². The van der Waals surface area contributed by atoms with E-state index in [1.165, 1.54) is 0 Å². The monoisotopic (exact) mass is 263 g/mol. The number of carbonyl (C=O) groups is 1. The van der Waals surface area contributed by atoms with Crippen LogP contribution in [0.4, 0.5) is 5.69 Å². The molecule has 3 rings (SSSR count). The highest BCUT2D eigenvalue weighted by Crippen LogP contribution is 2.48. The molecule has 1 amide bonds. The van der Waals surface area contributed by atoms with Gasteiger partial charge in [-0.25, -0.2) is 0 Å². The van der Waals surface area contributed by atoms with Crippen molar-refractivity contribution in [2.45, 2.75) is 19.8 Å². The molecule has 1 aliphatic carbocycles. The molecule has 1 N–H and O–H groups in total. The zero-order valence-corrected chi connectivity index (χ0v) is 11.1. The second kappa shape index (κ2) is 4.13. The van der Waals surface area contributed by atoms with Crippen LogP contribution in [0.3, 0.4) is 0 Å². The Morgan fingerprint density at radius 3 is 2.58 bits per heavy atom. The van der Waals surface area contributed by atoms with Gasteiger partial charge in [0.2, 0.25) is 12.7 Å². The van der Waals surface area contributed by atoms with Crippen LogP contribution < -0.4 is 14.4 Å². The lowest BCUT2D eigenvalue weighted by Crippen LogP contribution is -2.36. The molecule has 5 nitrogen and oxygen atoms in total. The number of aliphatic hydroxyl groups is 1. The van der Waals surface area contributed by atoms with Gasteiger partial charge in [0.05, 0.1) is 17.7 Å². The molecule has 1 aromatic rings. The molecule has 0 unspecified atom stereocenters. The second-order valence-corrected chi connectivity index (χ2v) is 5.29. The van der Waals surface area contributed by atoms with Crippen LogP contribution in [0.15, 0.2) is 12.1 Å². The minimum Gasteiger partial charge on any atom is -0.454 e. The molecule has 19 heavy (non-hydrogen) atoms. The van der Waals surface area contributed by atoms with E-state index in [-0.39, 0.29) is 19.3 Å². The molecule has 0 saturated heterocycles. The van der Waals surface area contributed by atoms with E-state index in [9.17, 15) is 9.90 Å². The maximum Gasteiger partial charge on any atom is 0.235 e. The number of hydrogen-bond acceptors (Lipinski definition) is 4. The van der Waals surface area contributed by atoms with Gasteiger partial charge < -0.3 is 19.5 Å². The average Bonchev–Trinajstić information content (AvgIpc) is 3.09. The number of ether oxygens (including phenoxy) is 2. The summed E-state index contributed by atoms with van der Waals surface area (Å²) < 4.78 is 10.7. The van der Waals surface area contributed by atoms with E-state index in [1.807, 2.05) is 19.1 Å². The molecule has 5 heteroatoms. The summed E-state index contributed by atoms with van der Waals surface area (Å²) in [5.74, 6) is 1.34. The minimum atomic E-state index is -0.558. The Morgan fingerprint density at radius 2 is 2.00 bits per heavy atom. The Bertz CT molecular complexity index is 536. The van der Waals surface area contributed by atoms with E-state index in [0.717, 1.165) is 24.1 Å². The van der Waals surface area contributed by atoms with Gasteiger partial charge in [0.15, 0.2) is 11.5 Å². The summed E-state index contributed by atoms with van der Waals surface area (Å²) in [6.45, 7) is 2.07. The fraction of sp³-hybridized carbons (Fsp3) is 0.500. The van der Waals surface area contributed by atoms with E-state index >= 15 is 0 Å². The molecular weight excluding hydrogens is 246 g/mol. The molecule has 0 spiro atoms. The van der Waals surface area contributed by atoms with Crippen molar-refractivity contribution < 1.29 is 19.4 Å². The maximum atomic E-state index is 12.4. The van der Waals surface area contributed by atoms with Crippen LogP contribution in [0.5, 0.6) is 11.5 Å². The van der Waals surface area contributed by atoms with Gasteiger partial charge >= 0.3 is 0 Å². The predicted molar refractivity (Wildman–Crippen MR) is 69.5 cm³/mol. The van der Waals surface area contributed by atoms with Crippen LogP contribution in [-0.2, 0) is 4.79 Å². The van der Waals surface area contributed by atoms with Crippen molar-refractivity contribution in [1.29, 1.82) is 0 Å². The van der Waals surface area contributed by atoms with Crippen molar-refractivity contribution >= 4 is 11.6 Å². The number of nitrogens with zero attached hydrogens (tertiary/aromatic N) is 1. The third kappa shape index (κ3) is 1.85. The third-order valence-electron chi connectivity index (χ3n) is 3.97. The van der Waals surface area contributed by atoms with Crippen LogP contribution in [0, 0.1) is 12.3 Å². The topological polar surface area (TPSA) is 59.0 Å². The molecule has 1 saturated carbocycles. The zero-order valence-electron chi connectivity index (χ0n) is 11.1. The summed E-state index contributed by atoms with van der Waals surface area (Å²) in [4.78, 5) is 14.0. The fourth-order valence-electron chi connectivity index (χ4n) is 2.45.